The van der Waals surface area contributed by atoms with Crippen molar-refractivity contribution >= 4 is 11.6 Å². The highest BCUT2D eigenvalue weighted by atomic mass is 16.5. The van der Waals surface area contributed by atoms with Gasteiger partial charge in [0.15, 0.2) is 0 Å². The number of amides is 1. The minimum Gasteiger partial charge on any atom is -0.309 e. The summed E-state index contributed by atoms with van der Waals surface area (Å²) in [6.07, 6.45) is 1.05. The molecule has 1 aliphatic rings. The first kappa shape index (κ1) is 15.0. The molecule has 109 valence electrons. The summed E-state index contributed by atoms with van der Waals surface area (Å²) in [6.45, 7) is 8.06. The number of para-hydroxylation sites is 1. The Kier molecular flexibility index (Phi) is 3.89. The zero-order valence-corrected chi connectivity index (χ0v) is 12.7. The van der Waals surface area contributed by atoms with Gasteiger partial charge in [0.1, 0.15) is 5.54 Å². The van der Waals surface area contributed by atoms with Crippen LogP contribution in [-0.2, 0) is 10.0 Å². The maximum atomic E-state index is 12.9. The average molecular weight is 275 g/mol. The van der Waals surface area contributed by atoms with Crippen molar-refractivity contribution in [3.05, 3.63) is 30.3 Å². The predicted octanol–water partition coefficient (Wildman–Crippen LogP) is 3.02. The van der Waals surface area contributed by atoms with E-state index in [0.717, 1.165) is 10.8 Å². The van der Waals surface area contributed by atoms with Gasteiger partial charge in [-0.25, -0.2) is 0 Å². The molecule has 0 aromatic heterocycles. The molecule has 1 radical (unpaired) electrons. The summed E-state index contributed by atoms with van der Waals surface area (Å²) in [7, 11) is 0. The molecule has 1 saturated heterocycles. The van der Waals surface area contributed by atoms with Gasteiger partial charge < -0.3 is 4.90 Å². The number of nitrogens with zero attached hydrogens (tertiary/aromatic N) is 2. The molecule has 0 aliphatic carbocycles. The van der Waals surface area contributed by atoms with Crippen LogP contribution in [0.2, 0.25) is 0 Å². The molecule has 1 amide bonds. The van der Waals surface area contributed by atoms with Crippen LogP contribution >= 0.6 is 0 Å². The van der Waals surface area contributed by atoms with Crippen LogP contribution in [0.15, 0.2) is 30.3 Å². The Morgan fingerprint density at radius 1 is 1.10 bits per heavy atom. The Hall–Kier alpha value is -1.39. The molecule has 0 N–H and O–H groups in total. The SMILES string of the molecule is CCC1(CC)C(=O)N(c2ccccc2)CC(C)(C)N1[O]. The number of piperazine rings is 1. The fraction of sp³-hybridized carbons (Fsp3) is 0.562. The van der Waals surface area contributed by atoms with E-state index >= 15 is 0 Å². The molecule has 1 fully saturated rings. The number of hydroxylamine groups is 2. The predicted molar refractivity (Wildman–Crippen MR) is 78.7 cm³/mol. The molecule has 1 aromatic rings. The van der Waals surface area contributed by atoms with Gasteiger partial charge in [0, 0.05) is 12.2 Å². The number of hydrogen-bond acceptors (Lipinski definition) is 2. The first-order valence-electron chi connectivity index (χ1n) is 7.23. The van der Waals surface area contributed by atoms with Crippen molar-refractivity contribution < 1.29 is 10.0 Å². The lowest BCUT2D eigenvalue weighted by Gasteiger charge is -2.52. The second-order valence-electron chi connectivity index (χ2n) is 6.07. The summed E-state index contributed by atoms with van der Waals surface area (Å²) in [5.74, 6) is -0.0805. The zero-order chi connectivity index (χ0) is 15.0. The first-order chi connectivity index (χ1) is 9.39. The minimum atomic E-state index is -0.947. The third-order valence-electron chi connectivity index (χ3n) is 4.36. The fourth-order valence-electron chi connectivity index (χ4n) is 3.10. The van der Waals surface area contributed by atoms with Crippen LogP contribution in [0.3, 0.4) is 0 Å². The van der Waals surface area contributed by atoms with E-state index in [9.17, 15) is 10.0 Å². The van der Waals surface area contributed by atoms with E-state index in [1.165, 1.54) is 0 Å². The van der Waals surface area contributed by atoms with E-state index in [2.05, 4.69) is 0 Å². The van der Waals surface area contributed by atoms with Crippen molar-refractivity contribution in [3.8, 4) is 0 Å². The Labute approximate surface area is 121 Å². The Bertz CT molecular complexity index is 481. The molecule has 20 heavy (non-hydrogen) atoms. The van der Waals surface area contributed by atoms with Crippen LogP contribution in [0.1, 0.15) is 40.5 Å². The van der Waals surface area contributed by atoms with Gasteiger partial charge in [-0.2, -0.15) is 0 Å². The van der Waals surface area contributed by atoms with Gasteiger partial charge in [0.2, 0.25) is 5.91 Å². The topological polar surface area (TPSA) is 43.5 Å². The largest absolute Gasteiger partial charge is 0.309 e. The lowest BCUT2D eigenvalue weighted by atomic mass is 9.82. The van der Waals surface area contributed by atoms with Crippen molar-refractivity contribution in [2.75, 3.05) is 11.4 Å². The van der Waals surface area contributed by atoms with Crippen LogP contribution in [0.4, 0.5) is 5.69 Å². The second kappa shape index (κ2) is 5.19. The molecule has 2 rings (SSSR count). The van der Waals surface area contributed by atoms with Crippen LogP contribution in [0.5, 0.6) is 0 Å². The van der Waals surface area contributed by atoms with Crippen molar-refractivity contribution in [1.29, 1.82) is 0 Å². The molecular formula is C16H23N2O2. The Morgan fingerprint density at radius 2 is 1.65 bits per heavy atom. The van der Waals surface area contributed by atoms with Gasteiger partial charge in [-0.05, 0) is 38.8 Å². The summed E-state index contributed by atoms with van der Waals surface area (Å²) in [6, 6.07) is 9.60. The molecule has 0 unspecified atom stereocenters. The van der Waals surface area contributed by atoms with Crippen molar-refractivity contribution in [3.63, 3.8) is 0 Å². The summed E-state index contributed by atoms with van der Waals surface area (Å²) < 4.78 is 0. The molecule has 0 bridgehead atoms. The second-order valence-corrected chi connectivity index (χ2v) is 6.07. The van der Waals surface area contributed by atoms with Gasteiger partial charge in [0.05, 0.1) is 5.54 Å². The standard InChI is InChI=1S/C16H23N2O2/c1-5-16(6-2)14(19)17(12-15(3,4)18(16)20)13-10-8-7-9-11-13/h7-11H,5-6,12H2,1-4H3. The van der Waals surface area contributed by atoms with Gasteiger partial charge >= 0.3 is 0 Å². The third kappa shape index (κ3) is 2.13. The number of rotatable bonds is 3. The van der Waals surface area contributed by atoms with Crippen molar-refractivity contribution in [2.24, 2.45) is 0 Å². The number of carbonyl (C=O) groups is 1. The maximum absolute atomic E-state index is 12.9. The number of hydrogen-bond donors (Lipinski definition) is 0. The quantitative estimate of drug-likeness (QED) is 0.851. The molecule has 0 saturated carbocycles. The van der Waals surface area contributed by atoms with Gasteiger partial charge in [0.25, 0.3) is 0 Å². The Balaban J connectivity index is 2.49. The van der Waals surface area contributed by atoms with Crippen molar-refractivity contribution in [1.82, 2.24) is 5.06 Å². The summed E-state index contributed by atoms with van der Waals surface area (Å²) in [5.41, 5.74) is -0.669. The van der Waals surface area contributed by atoms with E-state index in [1.54, 1.807) is 4.90 Å². The fourth-order valence-corrected chi connectivity index (χ4v) is 3.10. The van der Waals surface area contributed by atoms with Gasteiger partial charge in [-0.3, -0.25) is 4.79 Å². The highest BCUT2D eigenvalue weighted by molar-refractivity contribution is 6.01. The van der Waals surface area contributed by atoms with Crippen LogP contribution in [0, 0.1) is 0 Å². The van der Waals surface area contributed by atoms with Crippen LogP contribution in [-0.4, -0.2) is 28.6 Å². The summed E-state index contributed by atoms with van der Waals surface area (Å²) in [5, 5.41) is 13.7. The van der Waals surface area contributed by atoms with E-state index in [4.69, 9.17) is 0 Å². The molecule has 1 aliphatic heterocycles. The lowest BCUT2D eigenvalue weighted by molar-refractivity contribution is -0.279. The highest BCUT2D eigenvalue weighted by Gasteiger charge is 2.55. The van der Waals surface area contributed by atoms with Gasteiger partial charge in [-0.1, -0.05) is 32.0 Å². The van der Waals surface area contributed by atoms with Crippen LogP contribution < -0.4 is 4.90 Å². The van der Waals surface area contributed by atoms with E-state index < -0.39 is 11.1 Å². The molecule has 4 nitrogen and oxygen atoms in total. The number of carbonyl (C=O) groups excluding carboxylic acids is 1. The number of benzene rings is 1. The lowest BCUT2D eigenvalue weighted by Crippen LogP contribution is -2.71. The molecule has 1 heterocycles. The smallest absolute Gasteiger partial charge is 0.250 e. The van der Waals surface area contributed by atoms with E-state index in [0.29, 0.717) is 19.4 Å². The number of anilines is 1. The zero-order valence-electron chi connectivity index (χ0n) is 12.7. The molecule has 0 atom stereocenters. The molecular weight excluding hydrogens is 252 g/mol. The van der Waals surface area contributed by atoms with Crippen LogP contribution in [0.25, 0.3) is 0 Å². The molecule has 1 aromatic carbocycles. The Morgan fingerprint density at radius 3 is 2.15 bits per heavy atom. The third-order valence-corrected chi connectivity index (χ3v) is 4.36. The summed E-state index contributed by atoms with van der Waals surface area (Å²) in [4.78, 5) is 14.7. The maximum Gasteiger partial charge on any atom is 0.250 e. The minimum absolute atomic E-state index is 0.0805. The highest BCUT2D eigenvalue weighted by Crippen LogP contribution is 2.38. The average Bonchev–Trinajstić information content (AvgIpc) is 2.46. The normalized spacial score (nSPS) is 22.1. The molecule has 0 spiro atoms. The molecule has 4 heteroatoms. The van der Waals surface area contributed by atoms with Crippen molar-refractivity contribution in [2.45, 2.75) is 51.6 Å². The summed E-state index contributed by atoms with van der Waals surface area (Å²) >= 11 is 0. The monoisotopic (exact) mass is 275 g/mol. The first-order valence-corrected chi connectivity index (χ1v) is 7.23. The van der Waals surface area contributed by atoms with E-state index in [1.807, 2.05) is 58.0 Å². The van der Waals surface area contributed by atoms with Gasteiger partial charge in [-0.15, -0.1) is 10.3 Å². The van der Waals surface area contributed by atoms with E-state index in [-0.39, 0.29) is 5.91 Å².